The lowest BCUT2D eigenvalue weighted by atomic mass is 9.93. The molecule has 2 aliphatic heterocycles. The smallest absolute Gasteiger partial charge is 0.323 e. The number of allylic oxidation sites excluding steroid dienone is 1. The van der Waals surface area contributed by atoms with Crippen molar-refractivity contribution in [2.45, 2.75) is 19.4 Å². The van der Waals surface area contributed by atoms with E-state index in [1.54, 1.807) is 55.0 Å². The number of likely N-dealkylation sites (N-methyl/N-ethyl adjacent to an activating group) is 1. The van der Waals surface area contributed by atoms with Gasteiger partial charge in [-0.3, -0.25) is 4.79 Å². The summed E-state index contributed by atoms with van der Waals surface area (Å²) in [6.07, 6.45) is 1.01. The third-order valence-electron chi connectivity index (χ3n) is 5.63. The molecule has 0 radical (unpaired) electrons. The van der Waals surface area contributed by atoms with Gasteiger partial charge in [0, 0.05) is 37.8 Å². The topological polar surface area (TPSA) is 101 Å². The summed E-state index contributed by atoms with van der Waals surface area (Å²) in [5.74, 6) is 0.932. The number of carbonyl (C=O) groups is 2. The third-order valence-corrected chi connectivity index (χ3v) is 6.70. The van der Waals surface area contributed by atoms with Crippen LogP contribution in [0, 0.1) is 11.3 Å². The first-order valence-corrected chi connectivity index (χ1v) is 11.9. The van der Waals surface area contributed by atoms with E-state index in [9.17, 15) is 9.59 Å². The van der Waals surface area contributed by atoms with E-state index >= 15 is 0 Å². The Morgan fingerprint density at radius 1 is 1.15 bits per heavy atom. The summed E-state index contributed by atoms with van der Waals surface area (Å²) < 4.78 is 0. The molecule has 0 spiro atoms. The second-order valence-electron chi connectivity index (χ2n) is 8.28. The number of nitrogens with zero attached hydrogens (tertiary/aromatic N) is 4. The van der Waals surface area contributed by atoms with Crippen LogP contribution in [0.2, 0.25) is 0 Å². The molecule has 0 bridgehead atoms. The lowest BCUT2D eigenvalue weighted by Crippen LogP contribution is -2.43. The predicted octanol–water partition coefficient (Wildman–Crippen LogP) is 4.41. The molecule has 9 heteroatoms. The number of amides is 3. The Labute approximate surface area is 203 Å². The first kappa shape index (κ1) is 23.4. The molecule has 1 atom stereocenters. The Hall–Kier alpha value is -3.77. The van der Waals surface area contributed by atoms with E-state index in [1.165, 1.54) is 0 Å². The molecular weight excluding hydrogens is 448 g/mol. The number of urea groups is 1. The van der Waals surface area contributed by atoms with Crippen molar-refractivity contribution in [3.63, 3.8) is 0 Å². The standard InChI is InChI=1S/C25H26N6O2S/c1-16-21(23(32)30(2)3)22(31-12-5-13-34-25(31)27-16)18-6-4-7-20(14-18)29-24(33)28-19-10-8-17(15-26)9-11-19/h4,6-11,14,22H,5,12-13H2,1-3H3,(H2,28,29,33)/t22-/m0/s1. The average molecular weight is 475 g/mol. The van der Waals surface area contributed by atoms with Gasteiger partial charge in [0.25, 0.3) is 5.91 Å². The minimum atomic E-state index is -0.391. The van der Waals surface area contributed by atoms with E-state index in [0.717, 1.165) is 35.1 Å². The monoisotopic (exact) mass is 474 g/mol. The van der Waals surface area contributed by atoms with E-state index in [2.05, 4.69) is 21.6 Å². The molecule has 2 aromatic carbocycles. The van der Waals surface area contributed by atoms with Gasteiger partial charge in [0.2, 0.25) is 0 Å². The van der Waals surface area contributed by atoms with Gasteiger partial charge in [-0.1, -0.05) is 23.9 Å². The quantitative estimate of drug-likeness (QED) is 0.683. The Kier molecular flexibility index (Phi) is 6.89. The van der Waals surface area contributed by atoms with Gasteiger partial charge in [0.05, 0.1) is 28.9 Å². The number of nitriles is 1. The molecule has 1 fully saturated rings. The third kappa shape index (κ3) is 4.92. The SMILES string of the molecule is CC1=C(C(=O)N(C)C)[C@H](c2cccc(NC(=O)Nc3ccc(C#N)cc3)c2)N2CCCSC2=N1. The summed E-state index contributed by atoms with van der Waals surface area (Å²) in [6, 6.07) is 15.6. The molecule has 0 aliphatic carbocycles. The second-order valence-corrected chi connectivity index (χ2v) is 9.35. The lowest BCUT2D eigenvalue weighted by Gasteiger charge is -2.41. The molecule has 34 heavy (non-hydrogen) atoms. The first-order valence-electron chi connectivity index (χ1n) is 11.0. The molecule has 2 N–H and O–H groups in total. The number of thioether (sulfide) groups is 1. The van der Waals surface area contributed by atoms with Gasteiger partial charge in [-0.15, -0.1) is 0 Å². The number of fused-ring (bicyclic) bond motifs is 1. The van der Waals surface area contributed by atoms with E-state index in [0.29, 0.717) is 22.5 Å². The zero-order valence-electron chi connectivity index (χ0n) is 19.3. The summed E-state index contributed by atoms with van der Waals surface area (Å²) in [6.45, 7) is 2.70. The van der Waals surface area contributed by atoms with Crippen molar-refractivity contribution < 1.29 is 9.59 Å². The molecular formula is C25H26N6O2S. The van der Waals surface area contributed by atoms with Gasteiger partial charge >= 0.3 is 6.03 Å². The fourth-order valence-corrected chi connectivity index (χ4v) is 5.06. The van der Waals surface area contributed by atoms with Crippen molar-refractivity contribution in [2.75, 3.05) is 37.0 Å². The summed E-state index contributed by atoms with van der Waals surface area (Å²) >= 11 is 1.71. The molecule has 3 amide bonds. The van der Waals surface area contributed by atoms with Gasteiger partial charge in [-0.25, -0.2) is 9.79 Å². The van der Waals surface area contributed by atoms with Crippen molar-refractivity contribution in [3.05, 3.63) is 70.9 Å². The summed E-state index contributed by atoms with van der Waals surface area (Å²) in [5, 5.41) is 15.5. The number of aliphatic imine (C=N–C) groups is 1. The van der Waals surface area contributed by atoms with Crippen LogP contribution in [0.25, 0.3) is 0 Å². The Morgan fingerprint density at radius 2 is 1.88 bits per heavy atom. The Morgan fingerprint density at radius 3 is 2.59 bits per heavy atom. The summed E-state index contributed by atoms with van der Waals surface area (Å²) in [7, 11) is 3.49. The molecule has 2 heterocycles. The van der Waals surface area contributed by atoms with Crippen LogP contribution in [-0.2, 0) is 4.79 Å². The fraction of sp³-hybridized carbons (Fsp3) is 0.280. The highest BCUT2D eigenvalue weighted by atomic mass is 32.2. The number of rotatable bonds is 4. The zero-order chi connectivity index (χ0) is 24.2. The molecule has 2 aliphatic rings. The van der Waals surface area contributed by atoms with Crippen LogP contribution in [0.15, 0.2) is 64.8 Å². The molecule has 0 aromatic heterocycles. The second kappa shape index (κ2) is 10.0. The van der Waals surface area contributed by atoms with E-state index < -0.39 is 6.03 Å². The lowest BCUT2D eigenvalue weighted by molar-refractivity contribution is -0.125. The van der Waals surface area contributed by atoms with Gasteiger partial charge in [0.15, 0.2) is 5.17 Å². The van der Waals surface area contributed by atoms with Crippen molar-refractivity contribution in [1.82, 2.24) is 9.80 Å². The molecule has 0 saturated carbocycles. The van der Waals surface area contributed by atoms with Crippen LogP contribution in [0.4, 0.5) is 16.2 Å². The van der Waals surface area contributed by atoms with Crippen molar-refractivity contribution in [1.29, 1.82) is 5.26 Å². The van der Waals surface area contributed by atoms with Gasteiger partial charge < -0.3 is 20.4 Å². The number of carbonyl (C=O) groups excluding carboxylic acids is 2. The predicted molar refractivity (Wildman–Crippen MR) is 136 cm³/mol. The van der Waals surface area contributed by atoms with Crippen LogP contribution >= 0.6 is 11.8 Å². The number of hydrogen-bond donors (Lipinski definition) is 2. The van der Waals surface area contributed by atoms with Gasteiger partial charge in [-0.2, -0.15) is 5.26 Å². The first-order chi connectivity index (χ1) is 16.4. The molecule has 0 unspecified atom stereocenters. The number of amidine groups is 1. The van der Waals surface area contributed by atoms with E-state index in [-0.39, 0.29) is 11.9 Å². The maximum absolute atomic E-state index is 13.1. The van der Waals surface area contributed by atoms with Crippen LogP contribution < -0.4 is 10.6 Å². The summed E-state index contributed by atoms with van der Waals surface area (Å²) in [4.78, 5) is 34.2. The normalized spacial score (nSPS) is 17.3. The van der Waals surface area contributed by atoms with E-state index in [1.807, 2.05) is 31.2 Å². The molecule has 2 aromatic rings. The number of hydrogen-bond acceptors (Lipinski definition) is 6. The highest BCUT2D eigenvalue weighted by molar-refractivity contribution is 8.13. The number of nitrogens with one attached hydrogen (secondary N) is 2. The van der Waals surface area contributed by atoms with Gasteiger partial charge in [0.1, 0.15) is 0 Å². The maximum atomic E-state index is 13.1. The highest BCUT2D eigenvalue weighted by Crippen LogP contribution is 2.40. The average Bonchev–Trinajstić information content (AvgIpc) is 2.83. The van der Waals surface area contributed by atoms with E-state index in [4.69, 9.17) is 10.3 Å². The minimum Gasteiger partial charge on any atom is -0.345 e. The molecule has 4 rings (SSSR count). The van der Waals surface area contributed by atoms with Crippen LogP contribution in [-0.4, -0.2) is 53.3 Å². The van der Waals surface area contributed by atoms with Crippen LogP contribution in [0.5, 0.6) is 0 Å². The summed E-state index contributed by atoms with van der Waals surface area (Å²) in [5.41, 5.74) is 4.01. The highest BCUT2D eigenvalue weighted by Gasteiger charge is 2.37. The van der Waals surface area contributed by atoms with Crippen molar-refractivity contribution in [3.8, 4) is 6.07 Å². The minimum absolute atomic E-state index is 0.0715. The molecule has 8 nitrogen and oxygen atoms in total. The maximum Gasteiger partial charge on any atom is 0.323 e. The van der Waals surface area contributed by atoms with Crippen LogP contribution in [0.3, 0.4) is 0 Å². The Bertz CT molecular complexity index is 1210. The Balaban J connectivity index is 1.60. The van der Waals surface area contributed by atoms with Crippen molar-refractivity contribution in [2.24, 2.45) is 4.99 Å². The van der Waals surface area contributed by atoms with Crippen LogP contribution in [0.1, 0.15) is 30.5 Å². The van der Waals surface area contributed by atoms with Gasteiger partial charge in [-0.05, 0) is 55.3 Å². The largest absolute Gasteiger partial charge is 0.345 e. The number of anilines is 2. The molecule has 1 saturated heterocycles. The van der Waals surface area contributed by atoms with Crippen molar-refractivity contribution >= 4 is 40.2 Å². The zero-order valence-corrected chi connectivity index (χ0v) is 20.1. The molecule has 174 valence electrons. The fourth-order valence-electron chi connectivity index (χ4n) is 4.04. The number of benzene rings is 2.